The summed E-state index contributed by atoms with van der Waals surface area (Å²) in [5.41, 5.74) is 2.10. The van der Waals surface area contributed by atoms with Gasteiger partial charge in [0.1, 0.15) is 0 Å². The van der Waals surface area contributed by atoms with Gasteiger partial charge in [-0.15, -0.1) is 11.3 Å². The molecule has 0 saturated carbocycles. The Labute approximate surface area is 164 Å². The summed E-state index contributed by atoms with van der Waals surface area (Å²) in [6.45, 7) is 5.87. The third kappa shape index (κ3) is 4.23. The number of hydrogen-bond acceptors (Lipinski definition) is 5. The van der Waals surface area contributed by atoms with Gasteiger partial charge in [0.25, 0.3) is 0 Å². The molecule has 1 aromatic carbocycles. The minimum absolute atomic E-state index is 0.0120. The van der Waals surface area contributed by atoms with Crippen molar-refractivity contribution >= 4 is 22.4 Å². The number of benzene rings is 1. The maximum Gasteiger partial charge on any atom is 0.243 e. The van der Waals surface area contributed by atoms with Crippen LogP contribution < -0.4 is 5.32 Å². The number of aromatic nitrogens is 1. The van der Waals surface area contributed by atoms with Crippen LogP contribution in [0.2, 0.25) is 0 Å². The van der Waals surface area contributed by atoms with Crippen molar-refractivity contribution in [1.82, 2.24) is 9.88 Å². The number of amides is 1. The number of rotatable bonds is 6. The number of nitrogens with zero attached hydrogens (tertiary/aromatic N) is 2. The van der Waals surface area contributed by atoms with E-state index >= 15 is 0 Å². The van der Waals surface area contributed by atoms with Crippen molar-refractivity contribution in [2.75, 3.05) is 31.6 Å². The number of nitrogens with one attached hydrogen (secondary N) is 1. The van der Waals surface area contributed by atoms with Gasteiger partial charge in [-0.3, -0.25) is 9.69 Å². The van der Waals surface area contributed by atoms with E-state index in [1.807, 2.05) is 18.2 Å². The van der Waals surface area contributed by atoms with E-state index in [4.69, 9.17) is 9.72 Å². The molecule has 1 aromatic heterocycles. The second-order valence-electron chi connectivity index (χ2n) is 7.35. The fourth-order valence-corrected chi connectivity index (χ4v) is 4.80. The Bertz CT molecular complexity index is 771. The molecule has 2 saturated heterocycles. The maximum absolute atomic E-state index is 12.8. The second kappa shape index (κ2) is 8.50. The Kier molecular flexibility index (Phi) is 5.86. The third-order valence-corrected chi connectivity index (χ3v) is 6.68. The number of aryl methyl sites for hydroxylation is 1. The highest BCUT2D eigenvalue weighted by Gasteiger charge is 2.36. The first kappa shape index (κ1) is 18.6. The van der Waals surface area contributed by atoms with E-state index in [2.05, 4.69) is 29.3 Å². The van der Waals surface area contributed by atoms with Crippen molar-refractivity contribution < 1.29 is 9.53 Å². The van der Waals surface area contributed by atoms with E-state index in [-0.39, 0.29) is 11.9 Å². The molecule has 2 fully saturated rings. The number of thiazole rings is 1. The standard InChI is InChI=1S/C21H27N3O2S/c1-2-18-19(16-6-4-3-5-7-16)22-21(27-18)23-20(25)17-8-11-24(17)14-15-9-12-26-13-10-15/h3-7,15,17H,2,8-14H2,1H3,(H,22,23,25)/t17-/m0/s1. The number of hydrogen-bond donors (Lipinski definition) is 1. The van der Waals surface area contributed by atoms with Gasteiger partial charge >= 0.3 is 0 Å². The van der Waals surface area contributed by atoms with Crippen LogP contribution in [0.25, 0.3) is 11.3 Å². The van der Waals surface area contributed by atoms with Crippen LogP contribution in [0.4, 0.5) is 5.13 Å². The molecule has 27 heavy (non-hydrogen) atoms. The zero-order chi connectivity index (χ0) is 18.6. The molecule has 2 aliphatic heterocycles. The minimum Gasteiger partial charge on any atom is -0.381 e. The summed E-state index contributed by atoms with van der Waals surface area (Å²) in [5.74, 6) is 0.745. The summed E-state index contributed by atoms with van der Waals surface area (Å²) < 4.78 is 5.44. The number of ether oxygens (including phenoxy) is 1. The highest BCUT2D eigenvalue weighted by molar-refractivity contribution is 7.16. The van der Waals surface area contributed by atoms with Crippen LogP contribution >= 0.6 is 11.3 Å². The zero-order valence-corrected chi connectivity index (χ0v) is 16.6. The number of carbonyl (C=O) groups excluding carboxylic acids is 1. The fourth-order valence-electron chi connectivity index (χ4n) is 3.87. The molecule has 3 heterocycles. The van der Waals surface area contributed by atoms with Crippen molar-refractivity contribution in [2.45, 2.75) is 38.6 Å². The van der Waals surface area contributed by atoms with Crippen LogP contribution in [0.1, 0.15) is 31.1 Å². The van der Waals surface area contributed by atoms with Gasteiger partial charge in [-0.05, 0) is 31.6 Å². The summed E-state index contributed by atoms with van der Waals surface area (Å²) in [6.07, 6.45) is 4.07. The lowest BCUT2D eigenvalue weighted by molar-refractivity contribution is -0.126. The van der Waals surface area contributed by atoms with Crippen LogP contribution in [0.5, 0.6) is 0 Å². The molecule has 5 nitrogen and oxygen atoms in total. The van der Waals surface area contributed by atoms with Crippen molar-refractivity contribution in [3.05, 3.63) is 35.2 Å². The smallest absolute Gasteiger partial charge is 0.243 e. The van der Waals surface area contributed by atoms with Crippen LogP contribution in [0.3, 0.4) is 0 Å². The van der Waals surface area contributed by atoms with Gasteiger partial charge in [-0.1, -0.05) is 37.3 Å². The van der Waals surface area contributed by atoms with E-state index in [1.165, 1.54) is 4.88 Å². The molecular weight excluding hydrogens is 358 g/mol. The summed E-state index contributed by atoms with van der Waals surface area (Å²) >= 11 is 1.59. The summed E-state index contributed by atoms with van der Waals surface area (Å²) in [6, 6.07) is 10.2. The Balaban J connectivity index is 1.40. The minimum atomic E-state index is -0.0120. The normalized spacial score (nSPS) is 21.0. The van der Waals surface area contributed by atoms with E-state index in [9.17, 15) is 4.79 Å². The average molecular weight is 386 g/mol. The lowest BCUT2D eigenvalue weighted by Crippen LogP contribution is -2.55. The first-order valence-electron chi connectivity index (χ1n) is 9.92. The van der Waals surface area contributed by atoms with Crippen LogP contribution in [-0.4, -0.2) is 48.1 Å². The van der Waals surface area contributed by atoms with Crippen LogP contribution in [-0.2, 0) is 16.0 Å². The van der Waals surface area contributed by atoms with Gasteiger partial charge in [-0.2, -0.15) is 0 Å². The Hall–Kier alpha value is -1.76. The molecule has 1 N–H and O–H groups in total. The SMILES string of the molecule is CCc1sc(NC(=O)[C@@H]2CCN2CC2CCOCC2)nc1-c1ccccc1. The quantitative estimate of drug-likeness (QED) is 0.821. The highest BCUT2D eigenvalue weighted by atomic mass is 32.1. The molecule has 144 valence electrons. The molecular formula is C21H27N3O2S. The summed E-state index contributed by atoms with van der Waals surface area (Å²) in [4.78, 5) is 21.0. The maximum atomic E-state index is 12.8. The molecule has 2 aliphatic rings. The first-order chi connectivity index (χ1) is 13.2. The fraction of sp³-hybridized carbons (Fsp3) is 0.524. The van der Waals surface area contributed by atoms with Gasteiger partial charge in [-0.25, -0.2) is 4.98 Å². The van der Waals surface area contributed by atoms with E-state index < -0.39 is 0 Å². The molecule has 0 spiro atoms. The Morgan fingerprint density at radius 2 is 2.04 bits per heavy atom. The molecule has 0 aliphatic carbocycles. The number of anilines is 1. The Morgan fingerprint density at radius 1 is 1.26 bits per heavy atom. The predicted molar refractivity (Wildman–Crippen MR) is 109 cm³/mol. The van der Waals surface area contributed by atoms with Gasteiger partial charge < -0.3 is 10.1 Å². The predicted octanol–water partition coefficient (Wildman–Crippen LogP) is 3.81. The average Bonchev–Trinajstić information content (AvgIpc) is 3.09. The first-order valence-corrected chi connectivity index (χ1v) is 10.7. The number of carbonyl (C=O) groups is 1. The van der Waals surface area contributed by atoms with Gasteiger partial charge in [0.05, 0.1) is 11.7 Å². The van der Waals surface area contributed by atoms with Crippen molar-refractivity contribution in [3.63, 3.8) is 0 Å². The van der Waals surface area contributed by atoms with Crippen molar-refractivity contribution in [2.24, 2.45) is 5.92 Å². The summed E-state index contributed by atoms with van der Waals surface area (Å²) in [5, 5.41) is 3.79. The third-order valence-electron chi connectivity index (χ3n) is 5.56. The second-order valence-corrected chi connectivity index (χ2v) is 8.44. The van der Waals surface area contributed by atoms with E-state index in [0.29, 0.717) is 11.0 Å². The van der Waals surface area contributed by atoms with E-state index in [1.54, 1.807) is 11.3 Å². The molecule has 0 bridgehead atoms. The molecule has 0 radical (unpaired) electrons. The van der Waals surface area contributed by atoms with E-state index in [0.717, 1.165) is 63.2 Å². The largest absolute Gasteiger partial charge is 0.381 e. The Morgan fingerprint density at radius 3 is 2.70 bits per heavy atom. The number of likely N-dealkylation sites (tertiary alicyclic amines) is 1. The lowest BCUT2D eigenvalue weighted by Gasteiger charge is -2.42. The van der Waals surface area contributed by atoms with Gasteiger partial charge in [0.2, 0.25) is 5.91 Å². The lowest BCUT2D eigenvalue weighted by atomic mass is 9.94. The molecule has 6 heteroatoms. The van der Waals surface area contributed by atoms with Crippen LogP contribution in [0.15, 0.2) is 30.3 Å². The van der Waals surface area contributed by atoms with Crippen LogP contribution in [0, 0.1) is 5.92 Å². The van der Waals surface area contributed by atoms with Gasteiger partial charge in [0.15, 0.2) is 5.13 Å². The molecule has 4 rings (SSSR count). The van der Waals surface area contributed by atoms with Crippen molar-refractivity contribution in [3.8, 4) is 11.3 Å². The summed E-state index contributed by atoms with van der Waals surface area (Å²) in [7, 11) is 0. The molecule has 2 aromatic rings. The monoisotopic (exact) mass is 385 g/mol. The molecule has 1 amide bonds. The molecule has 1 atom stereocenters. The van der Waals surface area contributed by atoms with Crippen molar-refractivity contribution in [1.29, 1.82) is 0 Å². The molecule has 0 unspecified atom stereocenters. The zero-order valence-electron chi connectivity index (χ0n) is 15.8. The highest BCUT2D eigenvalue weighted by Crippen LogP contribution is 2.32. The van der Waals surface area contributed by atoms with Gasteiger partial charge in [0, 0.05) is 36.7 Å². The topological polar surface area (TPSA) is 54.5 Å².